The summed E-state index contributed by atoms with van der Waals surface area (Å²) in [6, 6.07) is 4.03. The van der Waals surface area contributed by atoms with Gasteiger partial charge in [0.05, 0.1) is 5.69 Å². The summed E-state index contributed by atoms with van der Waals surface area (Å²) in [7, 11) is 0. The van der Waals surface area contributed by atoms with E-state index in [2.05, 4.69) is 11.1 Å². The molecule has 0 bridgehead atoms. The Morgan fingerprint density at radius 3 is 3.00 bits per heavy atom. The van der Waals surface area contributed by atoms with Crippen LogP contribution >= 0.6 is 0 Å². The van der Waals surface area contributed by atoms with Gasteiger partial charge in [-0.3, -0.25) is 9.78 Å². The molecule has 0 amide bonds. The predicted octanol–water partition coefficient (Wildman–Crippen LogP) is 1.92. The lowest BCUT2D eigenvalue weighted by Gasteiger charge is -2.10. The van der Waals surface area contributed by atoms with E-state index < -0.39 is 0 Å². The van der Waals surface area contributed by atoms with Crippen LogP contribution in [0.2, 0.25) is 0 Å². The number of fused-ring (bicyclic) bond motifs is 1. The van der Waals surface area contributed by atoms with Crippen molar-refractivity contribution in [1.29, 1.82) is 0 Å². The van der Waals surface area contributed by atoms with Crippen molar-refractivity contribution in [2.45, 2.75) is 32.1 Å². The number of hydrogen-bond acceptors (Lipinski definition) is 2. The molecule has 2 nitrogen and oxygen atoms in total. The topological polar surface area (TPSA) is 30.0 Å². The number of carbonyl (C=O) groups is 1. The highest BCUT2D eigenvalue weighted by atomic mass is 16.1. The molecule has 0 saturated heterocycles. The van der Waals surface area contributed by atoms with E-state index in [0.29, 0.717) is 12.2 Å². The van der Waals surface area contributed by atoms with Gasteiger partial charge in [0, 0.05) is 19.0 Å². The van der Waals surface area contributed by atoms with Gasteiger partial charge in [-0.25, -0.2) is 0 Å². The highest BCUT2D eigenvalue weighted by Gasteiger charge is 2.12. The minimum atomic E-state index is 0.333. The molecule has 1 aromatic rings. The van der Waals surface area contributed by atoms with Crippen LogP contribution in [0, 0.1) is 0 Å². The van der Waals surface area contributed by atoms with Gasteiger partial charge < -0.3 is 0 Å². The number of ketones is 1. The molecule has 0 aliphatic heterocycles. The third-order valence-corrected chi connectivity index (χ3v) is 2.50. The van der Waals surface area contributed by atoms with E-state index in [4.69, 9.17) is 0 Å². The maximum absolute atomic E-state index is 11.4. The molecule has 0 N–H and O–H groups in total. The zero-order valence-electron chi connectivity index (χ0n) is 7.62. The number of Topliss-reactive ketones (excluding diaryl/α,β-unsaturated/α-hetero) is 1. The minimum Gasteiger partial charge on any atom is -0.299 e. The van der Waals surface area contributed by atoms with Crippen molar-refractivity contribution in [3.05, 3.63) is 29.6 Å². The summed E-state index contributed by atoms with van der Waals surface area (Å²) in [5.41, 5.74) is 2.25. The lowest BCUT2D eigenvalue weighted by molar-refractivity contribution is -0.118. The van der Waals surface area contributed by atoms with Crippen molar-refractivity contribution in [1.82, 2.24) is 4.98 Å². The van der Waals surface area contributed by atoms with Crippen LogP contribution in [0.1, 0.15) is 30.5 Å². The zero-order valence-corrected chi connectivity index (χ0v) is 7.62. The summed E-state index contributed by atoms with van der Waals surface area (Å²) in [6.07, 6.45) is 6.27. The Balaban J connectivity index is 2.30. The maximum Gasteiger partial charge on any atom is 0.138 e. The number of pyridine rings is 1. The van der Waals surface area contributed by atoms with Gasteiger partial charge in [0.1, 0.15) is 5.78 Å². The molecule has 0 spiro atoms. The summed E-state index contributed by atoms with van der Waals surface area (Å²) in [5, 5.41) is 0. The van der Waals surface area contributed by atoms with Gasteiger partial charge in [0.15, 0.2) is 0 Å². The van der Waals surface area contributed by atoms with Crippen molar-refractivity contribution in [3.8, 4) is 0 Å². The minimum absolute atomic E-state index is 0.333. The summed E-state index contributed by atoms with van der Waals surface area (Å²) in [4.78, 5) is 15.6. The van der Waals surface area contributed by atoms with Gasteiger partial charge in [-0.1, -0.05) is 6.07 Å². The summed E-state index contributed by atoms with van der Waals surface area (Å²) in [5.74, 6) is 0.333. The van der Waals surface area contributed by atoms with Crippen LogP contribution in [-0.2, 0) is 17.6 Å². The lowest BCUT2D eigenvalue weighted by Crippen LogP contribution is -2.10. The number of rotatable bonds is 0. The standard InChI is InChI=1S/C11H13NO/c13-10-6-2-1-4-9-5-3-7-12-11(9)8-10/h3,5,7H,1-2,4,6,8H2. The van der Waals surface area contributed by atoms with Crippen molar-refractivity contribution in [3.63, 3.8) is 0 Å². The van der Waals surface area contributed by atoms with Gasteiger partial charge in [-0.15, -0.1) is 0 Å². The van der Waals surface area contributed by atoms with E-state index in [0.717, 1.165) is 31.4 Å². The van der Waals surface area contributed by atoms with Crippen molar-refractivity contribution >= 4 is 5.78 Å². The highest BCUT2D eigenvalue weighted by molar-refractivity contribution is 5.80. The molecule has 1 aliphatic carbocycles. The molecule has 0 fully saturated rings. The third kappa shape index (κ3) is 1.94. The molecule has 13 heavy (non-hydrogen) atoms. The van der Waals surface area contributed by atoms with E-state index in [1.54, 1.807) is 6.20 Å². The molecule has 2 rings (SSSR count). The SMILES string of the molecule is O=C1CCCCc2cccnc2C1. The predicted molar refractivity (Wildman–Crippen MR) is 50.5 cm³/mol. The molecule has 0 saturated carbocycles. The number of aromatic nitrogens is 1. The summed E-state index contributed by atoms with van der Waals surface area (Å²) < 4.78 is 0. The first-order valence-electron chi connectivity index (χ1n) is 4.81. The fourth-order valence-electron chi connectivity index (χ4n) is 1.77. The smallest absolute Gasteiger partial charge is 0.138 e. The van der Waals surface area contributed by atoms with Gasteiger partial charge in [-0.2, -0.15) is 0 Å². The number of carbonyl (C=O) groups excluding carboxylic acids is 1. The van der Waals surface area contributed by atoms with E-state index in [1.807, 2.05) is 6.07 Å². The fraction of sp³-hybridized carbons (Fsp3) is 0.455. The molecule has 0 unspecified atom stereocenters. The van der Waals surface area contributed by atoms with Crippen LogP contribution in [0.25, 0.3) is 0 Å². The number of aryl methyl sites for hydroxylation is 1. The zero-order chi connectivity index (χ0) is 9.10. The Hall–Kier alpha value is -1.18. The van der Waals surface area contributed by atoms with Crippen LogP contribution in [0.5, 0.6) is 0 Å². The summed E-state index contributed by atoms with van der Waals surface area (Å²) >= 11 is 0. The van der Waals surface area contributed by atoms with E-state index in [9.17, 15) is 4.79 Å². The fourth-order valence-corrected chi connectivity index (χ4v) is 1.77. The van der Waals surface area contributed by atoms with E-state index in [-0.39, 0.29) is 0 Å². The summed E-state index contributed by atoms with van der Waals surface area (Å²) in [6.45, 7) is 0. The van der Waals surface area contributed by atoms with E-state index in [1.165, 1.54) is 5.56 Å². The second-order valence-corrected chi connectivity index (χ2v) is 3.53. The largest absolute Gasteiger partial charge is 0.299 e. The molecule has 0 aromatic carbocycles. The molecule has 1 aliphatic rings. The monoisotopic (exact) mass is 175 g/mol. The lowest BCUT2D eigenvalue weighted by atomic mass is 9.97. The second kappa shape index (κ2) is 3.69. The molecule has 1 heterocycles. The Labute approximate surface area is 78.0 Å². The van der Waals surface area contributed by atoms with Gasteiger partial charge in [0.2, 0.25) is 0 Å². The van der Waals surface area contributed by atoms with Gasteiger partial charge >= 0.3 is 0 Å². The Kier molecular flexibility index (Phi) is 2.39. The average molecular weight is 175 g/mol. The normalized spacial score (nSPS) is 17.4. The Bertz CT molecular complexity index is 320. The average Bonchev–Trinajstić information content (AvgIpc) is 2.11. The molecule has 2 heteroatoms. The van der Waals surface area contributed by atoms with Gasteiger partial charge in [-0.05, 0) is 30.9 Å². The van der Waals surface area contributed by atoms with E-state index >= 15 is 0 Å². The quantitative estimate of drug-likeness (QED) is 0.603. The molecular formula is C11H13NO. The second-order valence-electron chi connectivity index (χ2n) is 3.53. The molecular weight excluding hydrogens is 162 g/mol. The van der Waals surface area contributed by atoms with Crippen LogP contribution in [0.3, 0.4) is 0 Å². The first-order valence-corrected chi connectivity index (χ1v) is 4.81. The first-order chi connectivity index (χ1) is 6.36. The van der Waals surface area contributed by atoms with Crippen LogP contribution in [-0.4, -0.2) is 10.8 Å². The number of hydrogen-bond donors (Lipinski definition) is 0. The Morgan fingerprint density at radius 1 is 1.23 bits per heavy atom. The number of nitrogens with zero attached hydrogens (tertiary/aromatic N) is 1. The van der Waals surface area contributed by atoms with Crippen molar-refractivity contribution in [2.24, 2.45) is 0 Å². The van der Waals surface area contributed by atoms with Crippen LogP contribution in [0.15, 0.2) is 18.3 Å². The van der Waals surface area contributed by atoms with Gasteiger partial charge in [0.25, 0.3) is 0 Å². The molecule has 0 atom stereocenters. The molecule has 0 radical (unpaired) electrons. The highest BCUT2D eigenvalue weighted by Crippen LogP contribution is 2.15. The maximum atomic E-state index is 11.4. The Morgan fingerprint density at radius 2 is 2.08 bits per heavy atom. The molecule has 68 valence electrons. The van der Waals surface area contributed by atoms with Crippen LogP contribution < -0.4 is 0 Å². The van der Waals surface area contributed by atoms with Crippen molar-refractivity contribution in [2.75, 3.05) is 0 Å². The van der Waals surface area contributed by atoms with Crippen LogP contribution in [0.4, 0.5) is 0 Å². The van der Waals surface area contributed by atoms with Crippen molar-refractivity contribution < 1.29 is 4.79 Å². The third-order valence-electron chi connectivity index (χ3n) is 2.50. The molecule has 1 aromatic heterocycles. The first kappa shape index (κ1) is 8.42.